The Morgan fingerprint density at radius 2 is 1.82 bits per heavy atom. The number of rotatable bonds is 4. The van der Waals surface area contributed by atoms with Crippen molar-refractivity contribution in [1.29, 1.82) is 0 Å². The van der Waals surface area contributed by atoms with E-state index >= 15 is 0 Å². The van der Waals surface area contributed by atoms with E-state index in [1.54, 1.807) is 0 Å². The molecular weight excluding hydrogens is 317 g/mol. The molecule has 1 N–H and O–H groups in total. The third-order valence-electron chi connectivity index (χ3n) is 4.82. The fraction of sp³-hybridized carbons (Fsp3) is 0.647. The minimum atomic E-state index is 0. The second-order valence-corrected chi connectivity index (χ2v) is 6.74. The smallest absolute Gasteiger partial charge is 0.0407 e. The zero-order chi connectivity index (χ0) is 14.5. The Labute approximate surface area is 145 Å². The summed E-state index contributed by atoms with van der Waals surface area (Å²) in [6, 6.07) is 8.23. The van der Waals surface area contributed by atoms with Gasteiger partial charge in [-0.1, -0.05) is 11.6 Å². The molecular formula is C17H27Cl2N3. The zero-order valence-electron chi connectivity index (χ0n) is 13.1. The molecule has 22 heavy (non-hydrogen) atoms. The minimum absolute atomic E-state index is 0. The SMILES string of the molecule is Cl.Clc1ccc(N2CCN(CCC3CCCNC3)CC2)cc1. The highest BCUT2D eigenvalue weighted by Crippen LogP contribution is 2.20. The topological polar surface area (TPSA) is 18.5 Å². The molecule has 0 aliphatic carbocycles. The average Bonchev–Trinajstić information content (AvgIpc) is 2.55. The molecule has 0 aromatic heterocycles. The van der Waals surface area contributed by atoms with Crippen molar-refractivity contribution < 1.29 is 0 Å². The summed E-state index contributed by atoms with van der Waals surface area (Å²) >= 11 is 5.96. The van der Waals surface area contributed by atoms with Crippen LogP contribution in [0.5, 0.6) is 0 Å². The van der Waals surface area contributed by atoms with Crippen LogP contribution in [0, 0.1) is 5.92 Å². The molecule has 1 unspecified atom stereocenters. The van der Waals surface area contributed by atoms with Crippen molar-refractivity contribution in [2.45, 2.75) is 19.3 Å². The highest BCUT2D eigenvalue weighted by Gasteiger charge is 2.19. The third-order valence-corrected chi connectivity index (χ3v) is 5.07. The van der Waals surface area contributed by atoms with Gasteiger partial charge in [0.15, 0.2) is 0 Å². The molecule has 2 fully saturated rings. The Bertz CT molecular complexity index is 424. The van der Waals surface area contributed by atoms with E-state index in [-0.39, 0.29) is 12.4 Å². The van der Waals surface area contributed by atoms with Gasteiger partial charge < -0.3 is 10.2 Å². The van der Waals surface area contributed by atoms with E-state index in [9.17, 15) is 0 Å². The molecule has 0 saturated carbocycles. The summed E-state index contributed by atoms with van der Waals surface area (Å²) in [7, 11) is 0. The first-order chi connectivity index (χ1) is 10.3. The van der Waals surface area contributed by atoms with Gasteiger partial charge in [0, 0.05) is 36.9 Å². The van der Waals surface area contributed by atoms with E-state index in [1.807, 2.05) is 12.1 Å². The number of hydrogen-bond acceptors (Lipinski definition) is 3. The number of benzene rings is 1. The predicted octanol–water partition coefficient (Wildman–Crippen LogP) is 3.27. The van der Waals surface area contributed by atoms with Crippen LogP contribution in [0.4, 0.5) is 5.69 Å². The number of anilines is 1. The number of halogens is 2. The molecule has 1 aromatic carbocycles. The van der Waals surface area contributed by atoms with Crippen LogP contribution in [0.3, 0.4) is 0 Å². The second kappa shape index (κ2) is 8.97. The molecule has 0 amide bonds. The molecule has 124 valence electrons. The van der Waals surface area contributed by atoms with E-state index in [1.165, 1.54) is 57.7 Å². The van der Waals surface area contributed by atoms with E-state index in [4.69, 9.17) is 11.6 Å². The van der Waals surface area contributed by atoms with Gasteiger partial charge in [-0.2, -0.15) is 0 Å². The lowest BCUT2D eigenvalue weighted by Crippen LogP contribution is -2.47. The molecule has 0 spiro atoms. The Morgan fingerprint density at radius 1 is 1.09 bits per heavy atom. The largest absolute Gasteiger partial charge is 0.369 e. The van der Waals surface area contributed by atoms with Gasteiger partial charge in [-0.05, 0) is 69.1 Å². The van der Waals surface area contributed by atoms with Gasteiger partial charge in [0.1, 0.15) is 0 Å². The first kappa shape index (κ1) is 17.9. The maximum atomic E-state index is 5.96. The van der Waals surface area contributed by atoms with Crippen molar-refractivity contribution in [2.24, 2.45) is 5.92 Å². The van der Waals surface area contributed by atoms with Gasteiger partial charge in [0.25, 0.3) is 0 Å². The molecule has 1 atom stereocenters. The van der Waals surface area contributed by atoms with Crippen LogP contribution in [0.2, 0.25) is 5.02 Å². The summed E-state index contributed by atoms with van der Waals surface area (Å²) in [4.78, 5) is 5.09. The maximum absolute atomic E-state index is 5.96. The molecule has 0 radical (unpaired) electrons. The van der Waals surface area contributed by atoms with Crippen LogP contribution in [-0.4, -0.2) is 50.7 Å². The van der Waals surface area contributed by atoms with Crippen LogP contribution >= 0.6 is 24.0 Å². The summed E-state index contributed by atoms with van der Waals surface area (Å²) in [6.45, 7) is 8.34. The fourth-order valence-corrected chi connectivity index (χ4v) is 3.54. The van der Waals surface area contributed by atoms with Crippen LogP contribution in [0.15, 0.2) is 24.3 Å². The quantitative estimate of drug-likeness (QED) is 0.904. The predicted molar refractivity (Wildman–Crippen MR) is 97.6 cm³/mol. The molecule has 3 rings (SSSR count). The molecule has 1 aromatic rings. The third kappa shape index (κ3) is 5.02. The summed E-state index contributed by atoms with van der Waals surface area (Å²) in [5.41, 5.74) is 1.30. The molecule has 5 heteroatoms. The van der Waals surface area contributed by atoms with Crippen molar-refractivity contribution in [3.63, 3.8) is 0 Å². The molecule has 2 aliphatic rings. The van der Waals surface area contributed by atoms with E-state index in [0.717, 1.165) is 24.0 Å². The summed E-state index contributed by atoms with van der Waals surface area (Å²) < 4.78 is 0. The highest BCUT2D eigenvalue weighted by atomic mass is 35.5. The molecule has 2 aliphatic heterocycles. The van der Waals surface area contributed by atoms with Crippen molar-refractivity contribution >= 4 is 29.7 Å². The number of nitrogens with one attached hydrogen (secondary N) is 1. The lowest BCUT2D eigenvalue weighted by molar-refractivity contribution is 0.226. The minimum Gasteiger partial charge on any atom is -0.369 e. The number of hydrogen-bond donors (Lipinski definition) is 1. The number of piperazine rings is 1. The Hall–Kier alpha value is -0.480. The van der Waals surface area contributed by atoms with Gasteiger partial charge in [-0.3, -0.25) is 4.90 Å². The Morgan fingerprint density at radius 3 is 2.45 bits per heavy atom. The first-order valence-electron chi connectivity index (χ1n) is 8.25. The lowest BCUT2D eigenvalue weighted by Gasteiger charge is -2.37. The number of piperidine rings is 1. The zero-order valence-corrected chi connectivity index (χ0v) is 14.7. The molecule has 0 bridgehead atoms. The summed E-state index contributed by atoms with van der Waals surface area (Å²) in [6.07, 6.45) is 4.13. The molecule has 3 nitrogen and oxygen atoms in total. The van der Waals surface area contributed by atoms with Gasteiger partial charge in [0.2, 0.25) is 0 Å². The van der Waals surface area contributed by atoms with Gasteiger partial charge in [-0.15, -0.1) is 12.4 Å². The average molecular weight is 344 g/mol. The normalized spacial score (nSPS) is 23.1. The summed E-state index contributed by atoms with van der Waals surface area (Å²) in [5, 5.41) is 4.34. The Balaban J connectivity index is 0.00000176. The summed E-state index contributed by atoms with van der Waals surface area (Å²) in [5.74, 6) is 0.896. The van der Waals surface area contributed by atoms with Gasteiger partial charge >= 0.3 is 0 Å². The van der Waals surface area contributed by atoms with Crippen molar-refractivity contribution in [3.8, 4) is 0 Å². The van der Waals surface area contributed by atoms with Crippen LogP contribution in [0.25, 0.3) is 0 Å². The monoisotopic (exact) mass is 343 g/mol. The van der Waals surface area contributed by atoms with E-state index < -0.39 is 0 Å². The van der Waals surface area contributed by atoms with Crippen LogP contribution in [0.1, 0.15) is 19.3 Å². The standard InChI is InChI=1S/C17H26ClN3.ClH/c18-16-3-5-17(6-4-16)21-12-10-20(11-13-21)9-7-15-2-1-8-19-14-15;/h3-6,15,19H,1-2,7-14H2;1H. The van der Waals surface area contributed by atoms with Crippen LogP contribution < -0.4 is 10.2 Å². The highest BCUT2D eigenvalue weighted by molar-refractivity contribution is 6.30. The first-order valence-corrected chi connectivity index (χ1v) is 8.62. The van der Waals surface area contributed by atoms with Crippen molar-refractivity contribution in [3.05, 3.63) is 29.3 Å². The molecule has 2 saturated heterocycles. The fourth-order valence-electron chi connectivity index (χ4n) is 3.42. The Kier molecular flexibility index (Phi) is 7.29. The van der Waals surface area contributed by atoms with Crippen molar-refractivity contribution in [2.75, 3.05) is 50.7 Å². The molecule has 2 heterocycles. The number of nitrogens with zero attached hydrogens (tertiary/aromatic N) is 2. The lowest BCUT2D eigenvalue weighted by atomic mass is 9.96. The van der Waals surface area contributed by atoms with E-state index in [2.05, 4.69) is 27.2 Å². The van der Waals surface area contributed by atoms with E-state index in [0.29, 0.717) is 0 Å². The second-order valence-electron chi connectivity index (χ2n) is 6.31. The van der Waals surface area contributed by atoms with Gasteiger partial charge in [-0.25, -0.2) is 0 Å². The van der Waals surface area contributed by atoms with Crippen LogP contribution in [-0.2, 0) is 0 Å². The van der Waals surface area contributed by atoms with Crippen molar-refractivity contribution in [1.82, 2.24) is 10.2 Å². The van der Waals surface area contributed by atoms with Gasteiger partial charge in [0.05, 0.1) is 0 Å². The maximum Gasteiger partial charge on any atom is 0.0407 e.